The molecule has 8 heteroatoms. The molecule has 2 aliphatic carbocycles. The fraction of sp³-hybridized carbons (Fsp3) is 0.714. The molecule has 0 saturated heterocycles. The third kappa shape index (κ3) is 5.48. The molecule has 160 valence electrons. The van der Waals surface area contributed by atoms with E-state index in [4.69, 9.17) is 13.7 Å². The zero-order valence-electron chi connectivity index (χ0n) is 26.2. The zero-order chi connectivity index (χ0) is 28.6. The average Bonchev–Trinajstić information content (AvgIpc) is 3.31. The lowest BCUT2D eigenvalue weighted by atomic mass is 9.98. The Morgan fingerprint density at radius 2 is 1.41 bits per heavy atom. The molecule has 4 rings (SSSR count). The summed E-state index contributed by atoms with van der Waals surface area (Å²) in [6.07, 6.45) is 2.88. The van der Waals surface area contributed by atoms with E-state index in [0.717, 1.165) is 31.4 Å². The lowest BCUT2D eigenvalue weighted by Gasteiger charge is -2.21. The molecular weight excluding hydrogens is 400 g/mol. The van der Waals surface area contributed by atoms with Crippen molar-refractivity contribution in [3.63, 3.8) is 0 Å². The van der Waals surface area contributed by atoms with Gasteiger partial charge in [0.2, 0.25) is 0 Å². The third-order valence-electron chi connectivity index (χ3n) is 5.15. The maximum Gasteiger partial charge on any atom is 0.184 e. The Kier molecular flexibility index (Phi) is 4.21. The van der Waals surface area contributed by atoms with Crippen LogP contribution in [0.25, 0.3) is 0 Å². The molecule has 0 aliphatic heterocycles. The van der Waals surface area contributed by atoms with Crippen molar-refractivity contribution in [1.82, 2.24) is 20.6 Å². The number of hydrogen-bond donors (Lipinski definition) is 4. The van der Waals surface area contributed by atoms with Crippen LogP contribution < -0.4 is 21.3 Å². The number of fused-ring (bicyclic) bond motifs is 2. The summed E-state index contributed by atoms with van der Waals surface area (Å²) in [5, 5.41) is 13.8. The summed E-state index contributed by atoms with van der Waals surface area (Å²) in [4.78, 5) is 11.4. The topological polar surface area (TPSA) is 73.9 Å². The Morgan fingerprint density at radius 1 is 0.897 bits per heavy atom. The van der Waals surface area contributed by atoms with Crippen LogP contribution in [-0.2, 0) is 25.7 Å². The van der Waals surface area contributed by atoms with Crippen LogP contribution in [0.1, 0.15) is 74.2 Å². The summed E-state index contributed by atoms with van der Waals surface area (Å²) in [7, 11) is 0. The highest BCUT2D eigenvalue weighted by atomic mass is 32.1. The first kappa shape index (κ1) is 12.0. The molecule has 0 radical (unpaired) electrons. The van der Waals surface area contributed by atoms with Crippen molar-refractivity contribution in [2.24, 2.45) is 0 Å². The quantitative estimate of drug-likeness (QED) is 0.418. The normalized spacial score (nSPS) is 27.9. The highest BCUT2D eigenvalue weighted by molar-refractivity contribution is 7.16. The lowest BCUT2D eigenvalue weighted by molar-refractivity contribution is 0.460. The van der Waals surface area contributed by atoms with Gasteiger partial charge in [-0.15, -0.1) is 22.7 Å². The van der Waals surface area contributed by atoms with Crippen molar-refractivity contribution in [2.75, 3.05) is 30.3 Å². The Morgan fingerprint density at radius 3 is 1.90 bits per heavy atom. The molecule has 2 aliphatic rings. The van der Waals surface area contributed by atoms with Gasteiger partial charge in [0.05, 0.1) is 18.1 Å². The predicted molar refractivity (Wildman–Crippen MR) is 125 cm³/mol. The first-order chi connectivity index (χ1) is 18.0. The molecule has 0 bridgehead atoms. The maximum atomic E-state index is 8.03. The van der Waals surface area contributed by atoms with Crippen molar-refractivity contribution in [3.05, 3.63) is 21.1 Å². The van der Waals surface area contributed by atoms with Gasteiger partial charge in [-0.3, -0.25) is 0 Å². The molecule has 0 unspecified atom stereocenters. The molecule has 6 nitrogen and oxygen atoms in total. The van der Waals surface area contributed by atoms with Gasteiger partial charge in [0.15, 0.2) is 10.3 Å². The van der Waals surface area contributed by atoms with Crippen LogP contribution in [0.5, 0.6) is 0 Å². The summed E-state index contributed by atoms with van der Waals surface area (Å²) in [6, 6.07) is -0.296. The highest BCUT2D eigenvalue weighted by Gasteiger charge is 2.23. The van der Waals surface area contributed by atoms with E-state index < -0.39 is 39.5 Å². The van der Waals surface area contributed by atoms with Crippen LogP contribution >= 0.6 is 22.7 Å². The average molecular weight is 445 g/mol. The second-order valence-electron chi connectivity index (χ2n) is 7.18. The monoisotopic (exact) mass is 444 g/mol. The molecule has 4 N–H and O–H groups in total. The first-order valence-corrected chi connectivity index (χ1v) is 11.6. The second kappa shape index (κ2) is 10.2. The summed E-state index contributed by atoms with van der Waals surface area (Å²) in [5.41, 5.74) is 1.97. The van der Waals surface area contributed by atoms with E-state index in [0.29, 0.717) is 45.2 Å². The van der Waals surface area contributed by atoms with Gasteiger partial charge in [-0.1, -0.05) is 13.7 Å². The SMILES string of the molecule is [2H]C([2H])([2H])CC([2H])([2H])N[C@@H]1CCc2nc(NCNc3nc4c(s3)C[C@@H](NC([2H])([2H])CC([2H])([2H])[2H])CC4)sc2C1. The number of nitrogens with one attached hydrogen (secondary N) is 4. The van der Waals surface area contributed by atoms with Gasteiger partial charge in [0, 0.05) is 35.5 Å². The van der Waals surface area contributed by atoms with Crippen molar-refractivity contribution >= 4 is 32.9 Å². The van der Waals surface area contributed by atoms with E-state index in [1.165, 1.54) is 22.7 Å². The molecule has 2 heterocycles. The number of aryl methyl sites for hydroxylation is 2. The van der Waals surface area contributed by atoms with Crippen molar-refractivity contribution in [1.29, 1.82) is 0 Å². The fourth-order valence-corrected chi connectivity index (χ4v) is 5.90. The number of anilines is 2. The van der Waals surface area contributed by atoms with Crippen molar-refractivity contribution < 1.29 is 13.7 Å². The number of hydrogen-bond acceptors (Lipinski definition) is 8. The first-order valence-electron chi connectivity index (χ1n) is 15.0. The van der Waals surface area contributed by atoms with E-state index in [2.05, 4.69) is 31.2 Å². The molecule has 29 heavy (non-hydrogen) atoms. The van der Waals surface area contributed by atoms with Crippen LogP contribution in [-0.4, -0.2) is 41.7 Å². The number of thiazole rings is 2. The van der Waals surface area contributed by atoms with E-state index in [-0.39, 0.29) is 12.1 Å². The minimum atomic E-state index is -2.34. The second-order valence-corrected chi connectivity index (χ2v) is 9.35. The van der Waals surface area contributed by atoms with Gasteiger partial charge in [-0.05, 0) is 64.4 Å². The predicted octanol–water partition coefficient (Wildman–Crippen LogP) is 3.79. The zero-order valence-corrected chi connectivity index (χ0v) is 17.9. The Labute approximate surface area is 196 Å². The minimum Gasteiger partial charge on any atom is -0.344 e. The molecule has 0 spiro atoms. The van der Waals surface area contributed by atoms with Gasteiger partial charge >= 0.3 is 0 Å². The molecular formula is C21H34N6S2. The minimum absolute atomic E-state index is 0.148. The summed E-state index contributed by atoms with van der Waals surface area (Å²) < 4.78 is 76.2. The van der Waals surface area contributed by atoms with E-state index in [1.807, 2.05) is 0 Å². The summed E-state index contributed by atoms with van der Waals surface area (Å²) in [5.74, 6) is 0. The van der Waals surface area contributed by atoms with E-state index in [1.54, 1.807) is 0 Å². The van der Waals surface area contributed by atoms with Crippen LogP contribution in [0.2, 0.25) is 0 Å². The van der Waals surface area contributed by atoms with Gasteiger partial charge in [-0.2, -0.15) is 0 Å². The number of rotatable bonds is 10. The summed E-state index contributed by atoms with van der Waals surface area (Å²) >= 11 is 3.03. The lowest BCUT2D eigenvalue weighted by Crippen LogP contribution is -2.34. The van der Waals surface area contributed by atoms with E-state index in [9.17, 15) is 0 Å². The molecule has 2 aromatic heterocycles. The van der Waals surface area contributed by atoms with Crippen LogP contribution in [0.4, 0.5) is 10.3 Å². The molecule has 0 amide bonds. The van der Waals surface area contributed by atoms with Crippen LogP contribution in [0.15, 0.2) is 0 Å². The highest BCUT2D eigenvalue weighted by Crippen LogP contribution is 2.31. The molecule has 0 fully saturated rings. The maximum absolute atomic E-state index is 8.03. The Balaban J connectivity index is 1.25. The van der Waals surface area contributed by atoms with E-state index >= 15 is 0 Å². The van der Waals surface area contributed by atoms with Crippen molar-refractivity contribution in [2.45, 2.75) is 77.2 Å². The van der Waals surface area contributed by atoms with Gasteiger partial charge in [0.1, 0.15) is 0 Å². The largest absolute Gasteiger partial charge is 0.344 e. The van der Waals surface area contributed by atoms with Gasteiger partial charge in [-0.25, -0.2) is 9.97 Å². The molecule has 2 atom stereocenters. The fourth-order valence-electron chi connectivity index (χ4n) is 3.73. The third-order valence-corrected chi connectivity index (χ3v) is 7.30. The number of nitrogens with zero attached hydrogens (tertiary/aromatic N) is 2. The summed E-state index contributed by atoms with van der Waals surface area (Å²) in [6.45, 7) is -8.19. The molecule has 2 aromatic rings. The van der Waals surface area contributed by atoms with Crippen molar-refractivity contribution in [3.8, 4) is 0 Å². The molecule has 0 aromatic carbocycles. The van der Waals surface area contributed by atoms with Crippen LogP contribution in [0, 0.1) is 0 Å². The Bertz CT molecular complexity index is 1040. The van der Waals surface area contributed by atoms with Gasteiger partial charge in [0.25, 0.3) is 0 Å². The standard InChI is InChI=1S/C21H34N6S2/c1-3-9-22-14-5-7-16-18(11-14)28-20(26-16)24-13-25-21-27-17-8-6-15(23-10-4-2)12-19(17)29-21/h14-15,22-23H,3-13H2,1-2H3,(H,24,26)(H,25,27)/t14-,15+/i1D3,2D3,9D2,10D2. The smallest absolute Gasteiger partial charge is 0.184 e. The molecule has 0 saturated carbocycles. The van der Waals surface area contributed by atoms with Gasteiger partial charge < -0.3 is 21.3 Å². The van der Waals surface area contributed by atoms with Crippen LogP contribution in [0.3, 0.4) is 0 Å². The number of aromatic nitrogens is 2. The Hall–Kier alpha value is -1.22.